The van der Waals surface area contributed by atoms with Crippen molar-refractivity contribution in [2.45, 2.75) is 26.8 Å². The van der Waals surface area contributed by atoms with Gasteiger partial charge in [0.1, 0.15) is 5.58 Å². The summed E-state index contributed by atoms with van der Waals surface area (Å²) < 4.78 is 5.32. The summed E-state index contributed by atoms with van der Waals surface area (Å²) in [6, 6.07) is 7.64. The molecule has 2 heterocycles. The molecule has 0 aliphatic carbocycles. The SMILES string of the molecule is Cc1ccc2c(CN3CCC(C)(CN)C3)cc(=O)oc2c1. The Morgan fingerprint density at radius 1 is 1.38 bits per heavy atom. The quantitative estimate of drug-likeness (QED) is 0.879. The Balaban J connectivity index is 1.93. The first kappa shape index (κ1) is 14.3. The molecule has 1 atom stereocenters. The summed E-state index contributed by atoms with van der Waals surface area (Å²) in [5, 5.41) is 1.03. The lowest BCUT2D eigenvalue weighted by Gasteiger charge is -2.22. The Morgan fingerprint density at radius 2 is 2.19 bits per heavy atom. The van der Waals surface area contributed by atoms with E-state index in [0.717, 1.165) is 42.6 Å². The predicted octanol–water partition coefficient (Wildman–Crippen LogP) is 2.27. The summed E-state index contributed by atoms with van der Waals surface area (Å²) in [5.74, 6) is 0. The van der Waals surface area contributed by atoms with Gasteiger partial charge >= 0.3 is 5.63 Å². The molecule has 0 bridgehead atoms. The molecule has 112 valence electrons. The normalized spacial score (nSPS) is 23.0. The first-order valence-electron chi connectivity index (χ1n) is 7.45. The van der Waals surface area contributed by atoms with Crippen molar-refractivity contribution in [1.29, 1.82) is 0 Å². The lowest BCUT2D eigenvalue weighted by atomic mass is 9.90. The zero-order chi connectivity index (χ0) is 15.0. The van der Waals surface area contributed by atoms with Crippen molar-refractivity contribution < 1.29 is 4.42 Å². The number of hydrogen-bond donors (Lipinski definition) is 1. The van der Waals surface area contributed by atoms with Crippen molar-refractivity contribution in [3.05, 3.63) is 45.8 Å². The minimum Gasteiger partial charge on any atom is -0.423 e. The average Bonchev–Trinajstić information content (AvgIpc) is 2.80. The summed E-state index contributed by atoms with van der Waals surface area (Å²) in [4.78, 5) is 14.1. The van der Waals surface area contributed by atoms with Crippen LogP contribution in [0.5, 0.6) is 0 Å². The summed E-state index contributed by atoms with van der Waals surface area (Å²) in [7, 11) is 0. The van der Waals surface area contributed by atoms with E-state index in [-0.39, 0.29) is 11.0 Å². The number of hydrogen-bond acceptors (Lipinski definition) is 4. The second-order valence-corrected chi connectivity index (χ2v) is 6.57. The van der Waals surface area contributed by atoms with E-state index >= 15 is 0 Å². The van der Waals surface area contributed by atoms with Gasteiger partial charge in [0.05, 0.1) is 0 Å². The largest absolute Gasteiger partial charge is 0.423 e. The van der Waals surface area contributed by atoms with Gasteiger partial charge in [0.15, 0.2) is 0 Å². The van der Waals surface area contributed by atoms with Crippen LogP contribution in [0.4, 0.5) is 0 Å². The van der Waals surface area contributed by atoms with Crippen molar-refractivity contribution in [2.75, 3.05) is 19.6 Å². The number of likely N-dealkylation sites (tertiary alicyclic amines) is 1. The Kier molecular flexibility index (Phi) is 3.59. The molecule has 2 aromatic rings. The highest BCUT2D eigenvalue weighted by atomic mass is 16.4. The molecule has 4 heteroatoms. The molecule has 1 aliphatic heterocycles. The van der Waals surface area contributed by atoms with Crippen molar-refractivity contribution in [1.82, 2.24) is 4.90 Å². The van der Waals surface area contributed by atoms with Crippen LogP contribution < -0.4 is 11.4 Å². The van der Waals surface area contributed by atoms with Gasteiger partial charge in [-0.25, -0.2) is 4.79 Å². The molecule has 1 fully saturated rings. The number of nitrogens with two attached hydrogens (primary N) is 1. The number of nitrogens with zero attached hydrogens (tertiary/aromatic N) is 1. The van der Waals surface area contributed by atoms with E-state index in [4.69, 9.17) is 10.2 Å². The number of rotatable bonds is 3. The maximum atomic E-state index is 11.8. The van der Waals surface area contributed by atoms with Gasteiger partial charge in [0.2, 0.25) is 0 Å². The van der Waals surface area contributed by atoms with Crippen LogP contribution in [0.2, 0.25) is 0 Å². The molecule has 1 saturated heterocycles. The third kappa shape index (κ3) is 2.87. The third-order valence-electron chi connectivity index (χ3n) is 4.51. The van der Waals surface area contributed by atoms with Gasteiger partial charge in [0, 0.05) is 24.5 Å². The summed E-state index contributed by atoms with van der Waals surface area (Å²) in [6.45, 7) is 7.73. The highest BCUT2D eigenvalue weighted by Crippen LogP contribution is 2.30. The van der Waals surface area contributed by atoms with Crippen molar-refractivity contribution in [3.8, 4) is 0 Å². The predicted molar refractivity (Wildman–Crippen MR) is 84.3 cm³/mol. The van der Waals surface area contributed by atoms with Crippen LogP contribution in [0.25, 0.3) is 11.0 Å². The van der Waals surface area contributed by atoms with Crippen molar-refractivity contribution >= 4 is 11.0 Å². The molecule has 1 aliphatic rings. The third-order valence-corrected chi connectivity index (χ3v) is 4.51. The van der Waals surface area contributed by atoms with E-state index < -0.39 is 0 Å². The molecule has 21 heavy (non-hydrogen) atoms. The minimum atomic E-state index is -0.274. The van der Waals surface area contributed by atoms with Gasteiger partial charge < -0.3 is 10.2 Å². The Morgan fingerprint density at radius 3 is 2.90 bits per heavy atom. The molecule has 1 aromatic carbocycles. The van der Waals surface area contributed by atoms with Crippen LogP contribution in [0, 0.1) is 12.3 Å². The molecule has 0 saturated carbocycles. The van der Waals surface area contributed by atoms with Crippen LogP contribution in [-0.2, 0) is 6.54 Å². The lowest BCUT2D eigenvalue weighted by Crippen LogP contribution is -2.31. The number of aryl methyl sites for hydroxylation is 1. The molecule has 4 nitrogen and oxygen atoms in total. The molecule has 2 N–H and O–H groups in total. The van der Waals surface area contributed by atoms with Gasteiger partial charge in [-0.15, -0.1) is 0 Å². The van der Waals surface area contributed by atoms with Crippen molar-refractivity contribution in [2.24, 2.45) is 11.1 Å². The lowest BCUT2D eigenvalue weighted by molar-refractivity contribution is 0.275. The fourth-order valence-electron chi connectivity index (χ4n) is 3.14. The van der Waals surface area contributed by atoms with Crippen molar-refractivity contribution in [3.63, 3.8) is 0 Å². The van der Waals surface area contributed by atoms with Crippen LogP contribution in [0.1, 0.15) is 24.5 Å². The molecule has 1 unspecified atom stereocenters. The summed E-state index contributed by atoms with van der Waals surface area (Å²) >= 11 is 0. The second-order valence-electron chi connectivity index (χ2n) is 6.57. The van der Waals surface area contributed by atoms with Gasteiger partial charge in [-0.3, -0.25) is 4.90 Å². The molecule has 0 amide bonds. The number of fused-ring (bicyclic) bond motifs is 1. The molecule has 0 spiro atoms. The monoisotopic (exact) mass is 286 g/mol. The Bertz CT molecular complexity index is 722. The summed E-state index contributed by atoms with van der Waals surface area (Å²) in [6.07, 6.45) is 1.11. The van der Waals surface area contributed by atoms with E-state index in [9.17, 15) is 4.79 Å². The molecule has 0 radical (unpaired) electrons. The minimum absolute atomic E-state index is 0.200. The molecule has 1 aromatic heterocycles. The van der Waals surface area contributed by atoms with Gasteiger partial charge in [-0.2, -0.15) is 0 Å². The zero-order valence-corrected chi connectivity index (χ0v) is 12.7. The summed E-state index contributed by atoms with van der Waals surface area (Å²) in [5.41, 5.74) is 8.61. The fraction of sp³-hybridized carbons (Fsp3) is 0.471. The average molecular weight is 286 g/mol. The van der Waals surface area contributed by atoms with Gasteiger partial charge in [-0.1, -0.05) is 19.1 Å². The highest BCUT2D eigenvalue weighted by Gasteiger charge is 2.32. The zero-order valence-electron chi connectivity index (χ0n) is 12.7. The van der Waals surface area contributed by atoms with E-state index in [1.807, 2.05) is 19.1 Å². The van der Waals surface area contributed by atoms with E-state index in [1.165, 1.54) is 0 Å². The first-order valence-corrected chi connectivity index (χ1v) is 7.45. The highest BCUT2D eigenvalue weighted by molar-refractivity contribution is 5.80. The van der Waals surface area contributed by atoms with Crippen LogP contribution in [0.15, 0.2) is 33.5 Å². The topological polar surface area (TPSA) is 59.5 Å². The maximum Gasteiger partial charge on any atom is 0.336 e. The Labute approximate surface area is 124 Å². The van der Waals surface area contributed by atoms with Crippen LogP contribution in [0.3, 0.4) is 0 Å². The van der Waals surface area contributed by atoms with E-state index in [2.05, 4.69) is 17.9 Å². The van der Waals surface area contributed by atoms with E-state index in [0.29, 0.717) is 12.1 Å². The molecular formula is C17H22N2O2. The smallest absolute Gasteiger partial charge is 0.336 e. The number of benzene rings is 1. The van der Waals surface area contributed by atoms with Gasteiger partial charge in [0.25, 0.3) is 0 Å². The first-order chi connectivity index (χ1) is 9.99. The maximum absolute atomic E-state index is 11.8. The Hall–Kier alpha value is -1.65. The molecule has 3 rings (SSSR count). The van der Waals surface area contributed by atoms with Crippen LogP contribution >= 0.6 is 0 Å². The van der Waals surface area contributed by atoms with Crippen LogP contribution in [-0.4, -0.2) is 24.5 Å². The van der Waals surface area contributed by atoms with E-state index in [1.54, 1.807) is 6.07 Å². The fourth-order valence-corrected chi connectivity index (χ4v) is 3.14. The van der Waals surface area contributed by atoms with Gasteiger partial charge in [-0.05, 0) is 49.0 Å². The standard InChI is InChI=1S/C17H22N2O2/c1-12-3-4-14-13(8-16(20)21-15(14)7-12)9-19-6-5-17(2,10-18)11-19/h3-4,7-8H,5-6,9-11,18H2,1-2H3. The molecular weight excluding hydrogens is 264 g/mol. The second kappa shape index (κ2) is 5.28.